The first-order chi connectivity index (χ1) is 9.19. The number of imidazole rings is 1. The standard InChI is InChI=1S/C13H15N3O2S/c1-18-10-4-2-3-9-12(10)15-13(19)16(9)7-8-5-6-11(17)14-8/h2-4,8H,5-7H2,1H3,(H,14,17)(H,15,19). The Balaban J connectivity index is 2.01. The number of hydrogen-bond donors (Lipinski definition) is 2. The number of aromatic nitrogens is 2. The van der Waals surface area contributed by atoms with E-state index in [1.54, 1.807) is 7.11 Å². The van der Waals surface area contributed by atoms with Crippen molar-refractivity contribution in [3.8, 4) is 5.75 Å². The average Bonchev–Trinajstić information content (AvgIpc) is 2.94. The Morgan fingerprint density at radius 3 is 3.05 bits per heavy atom. The van der Waals surface area contributed by atoms with Gasteiger partial charge in [-0.25, -0.2) is 0 Å². The topological polar surface area (TPSA) is 59.0 Å². The molecule has 1 atom stereocenters. The molecule has 1 aliphatic rings. The van der Waals surface area contributed by atoms with E-state index >= 15 is 0 Å². The highest BCUT2D eigenvalue weighted by atomic mass is 32.1. The smallest absolute Gasteiger partial charge is 0.220 e. The number of methoxy groups -OCH3 is 1. The van der Waals surface area contributed by atoms with Crippen LogP contribution in [0.15, 0.2) is 18.2 Å². The first-order valence-corrected chi connectivity index (χ1v) is 6.65. The molecule has 1 amide bonds. The number of amides is 1. The van der Waals surface area contributed by atoms with E-state index < -0.39 is 0 Å². The highest BCUT2D eigenvalue weighted by molar-refractivity contribution is 7.71. The molecule has 0 spiro atoms. The lowest BCUT2D eigenvalue weighted by Gasteiger charge is -2.11. The summed E-state index contributed by atoms with van der Waals surface area (Å²) in [7, 11) is 1.64. The Labute approximate surface area is 115 Å². The Kier molecular flexibility index (Phi) is 3.02. The summed E-state index contributed by atoms with van der Waals surface area (Å²) in [6.45, 7) is 0.692. The van der Waals surface area contributed by atoms with E-state index in [4.69, 9.17) is 17.0 Å². The lowest BCUT2D eigenvalue weighted by molar-refractivity contribution is -0.119. The van der Waals surface area contributed by atoms with Crippen LogP contribution in [0.1, 0.15) is 12.8 Å². The number of carbonyl (C=O) groups is 1. The number of benzene rings is 1. The summed E-state index contributed by atoms with van der Waals surface area (Å²) in [5, 5.41) is 2.96. The van der Waals surface area contributed by atoms with Gasteiger partial charge in [0, 0.05) is 19.0 Å². The molecule has 1 fully saturated rings. The summed E-state index contributed by atoms with van der Waals surface area (Å²) in [6.07, 6.45) is 1.46. The summed E-state index contributed by atoms with van der Waals surface area (Å²) in [4.78, 5) is 14.4. The lowest BCUT2D eigenvalue weighted by Crippen LogP contribution is -2.29. The van der Waals surface area contributed by atoms with Crippen molar-refractivity contribution in [1.82, 2.24) is 14.9 Å². The van der Waals surface area contributed by atoms with Crippen molar-refractivity contribution < 1.29 is 9.53 Å². The predicted octanol–water partition coefficient (Wildman–Crippen LogP) is 1.99. The van der Waals surface area contributed by atoms with Crippen molar-refractivity contribution in [2.45, 2.75) is 25.4 Å². The summed E-state index contributed by atoms with van der Waals surface area (Å²) >= 11 is 5.36. The molecule has 1 saturated heterocycles. The van der Waals surface area contributed by atoms with Gasteiger partial charge in [0.1, 0.15) is 11.3 Å². The number of nitrogens with one attached hydrogen (secondary N) is 2. The van der Waals surface area contributed by atoms with Gasteiger partial charge in [0.2, 0.25) is 5.91 Å². The third kappa shape index (κ3) is 2.12. The van der Waals surface area contributed by atoms with Gasteiger partial charge >= 0.3 is 0 Å². The van der Waals surface area contributed by atoms with Crippen LogP contribution in [0.5, 0.6) is 5.75 Å². The van der Waals surface area contributed by atoms with Gasteiger partial charge in [-0.2, -0.15) is 0 Å². The Morgan fingerprint density at radius 1 is 1.53 bits per heavy atom. The molecule has 6 heteroatoms. The van der Waals surface area contributed by atoms with E-state index in [9.17, 15) is 4.79 Å². The molecule has 1 aromatic carbocycles. The van der Waals surface area contributed by atoms with E-state index in [0.717, 1.165) is 23.2 Å². The molecule has 0 saturated carbocycles. The van der Waals surface area contributed by atoms with Crippen molar-refractivity contribution >= 4 is 29.2 Å². The third-order valence-corrected chi connectivity index (χ3v) is 3.80. The van der Waals surface area contributed by atoms with Gasteiger partial charge in [-0.15, -0.1) is 0 Å². The molecule has 1 aliphatic heterocycles. The van der Waals surface area contributed by atoms with E-state index in [2.05, 4.69) is 10.3 Å². The van der Waals surface area contributed by atoms with Crippen molar-refractivity contribution in [1.29, 1.82) is 0 Å². The van der Waals surface area contributed by atoms with Crippen LogP contribution in [0.2, 0.25) is 0 Å². The SMILES string of the molecule is COc1cccc2c1[nH]c(=S)n2CC1CCC(=O)N1. The maximum Gasteiger partial charge on any atom is 0.220 e. The normalized spacial score (nSPS) is 18.8. The lowest BCUT2D eigenvalue weighted by atomic mass is 10.2. The van der Waals surface area contributed by atoms with Crippen molar-refractivity contribution in [3.63, 3.8) is 0 Å². The number of H-pyrrole nitrogens is 1. The first kappa shape index (κ1) is 12.2. The second-order valence-electron chi connectivity index (χ2n) is 4.70. The average molecular weight is 277 g/mol. The number of hydrogen-bond acceptors (Lipinski definition) is 3. The fraction of sp³-hybridized carbons (Fsp3) is 0.385. The minimum absolute atomic E-state index is 0.119. The highest BCUT2D eigenvalue weighted by Crippen LogP contribution is 2.25. The largest absolute Gasteiger partial charge is 0.494 e. The fourth-order valence-corrected chi connectivity index (χ4v) is 2.81. The van der Waals surface area contributed by atoms with E-state index in [1.807, 2.05) is 22.8 Å². The van der Waals surface area contributed by atoms with Crippen molar-refractivity contribution in [2.24, 2.45) is 0 Å². The zero-order valence-electron chi connectivity index (χ0n) is 10.6. The van der Waals surface area contributed by atoms with Crippen LogP contribution in [0.3, 0.4) is 0 Å². The number of rotatable bonds is 3. The number of nitrogens with zero attached hydrogens (tertiary/aromatic N) is 1. The van der Waals surface area contributed by atoms with Crippen LogP contribution < -0.4 is 10.1 Å². The van der Waals surface area contributed by atoms with Gasteiger partial charge in [-0.05, 0) is 30.8 Å². The molecule has 19 heavy (non-hydrogen) atoms. The monoisotopic (exact) mass is 277 g/mol. The molecular formula is C13H15N3O2S. The summed E-state index contributed by atoms with van der Waals surface area (Å²) in [6, 6.07) is 5.99. The number of carbonyl (C=O) groups excluding carboxylic acids is 1. The number of para-hydroxylation sites is 1. The Bertz CT molecular complexity index is 689. The molecule has 0 radical (unpaired) electrons. The molecule has 1 aromatic heterocycles. The molecule has 0 bridgehead atoms. The van der Waals surface area contributed by atoms with Crippen LogP contribution in [-0.2, 0) is 11.3 Å². The van der Waals surface area contributed by atoms with Gasteiger partial charge in [0.15, 0.2) is 4.77 Å². The van der Waals surface area contributed by atoms with Crippen molar-refractivity contribution in [3.05, 3.63) is 23.0 Å². The molecule has 0 aliphatic carbocycles. The van der Waals surface area contributed by atoms with Crippen LogP contribution in [0, 0.1) is 4.77 Å². The van der Waals surface area contributed by atoms with Crippen LogP contribution >= 0.6 is 12.2 Å². The molecular weight excluding hydrogens is 262 g/mol. The highest BCUT2D eigenvalue weighted by Gasteiger charge is 2.22. The summed E-state index contributed by atoms with van der Waals surface area (Å²) in [5.74, 6) is 0.895. The number of ether oxygens (including phenoxy) is 1. The zero-order chi connectivity index (χ0) is 13.4. The molecule has 1 unspecified atom stereocenters. The van der Waals surface area contributed by atoms with Crippen molar-refractivity contribution in [2.75, 3.05) is 7.11 Å². The molecule has 100 valence electrons. The van der Waals surface area contributed by atoms with Gasteiger partial charge in [-0.1, -0.05) is 6.07 Å². The Morgan fingerprint density at radius 2 is 2.37 bits per heavy atom. The third-order valence-electron chi connectivity index (χ3n) is 3.48. The van der Waals surface area contributed by atoms with Gasteiger partial charge in [0.05, 0.1) is 12.6 Å². The Hall–Kier alpha value is -1.82. The van der Waals surface area contributed by atoms with Gasteiger partial charge in [-0.3, -0.25) is 4.79 Å². The van der Waals surface area contributed by atoms with Gasteiger partial charge in [0.25, 0.3) is 0 Å². The second-order valence-corrected chi connectivity index (χ2v) is 5.08. The predicted molar refractivity (Wildman–Crippen MR) is 74.8 cm³/mol. The van der Waals surface area contributed by atoms with E-state index in [1.165, 1.54) is 0 Å². The molecule has 5 nitrogen and oxygen atoms in total. The first-order valence-electron chi connectivity index (χ1n) is 6.24. The number of aromatic amines is 1. The molecule has 2 N–H and O–H groups in total. The van der Waals surface area contributed by atoms with E-state index in [0.29, 0.717) is 17.7 Å². The van der Waals surface area contributed by atoms with Gasteiger partial charge < -0.3 is 19.6 Å². The van der Waals surface area contributed by atoms with Crippen LogP contribution in [0.4, 0.5) is 0 Å². The fourth-order valence-electron chi connectivity index (χ4n) is 2.54. The quantitative estimate of drug-likeness (QED) is 0.843. The molecule has 2 heterocycles. The minimum Gasteiger partial charge on any atom is -0.494 e. The van der Waals surface area contributed by atoms with Crippen LogP contribution in [0.25, 0.3) is 11.0 Å². The number of fused-ring (bicyclic) bond motifs is 1. The molecule has 3 rings (SSSR count). The minimum atomic E-state index is 0.119. The van der Waals surface area contributed by atoms with E-state index in [-0.39, 0.29) is 11.9 Å². The summed E-state index contributed by atoms with van der Waals surface area (Å²) < 4.78 is 7.99. The molecule has 2 aromatic rings. The van der Waals surface area contributed by atoms with Crippen LogP contribution in [-0.4, -0.2) is 28.6 Å². The maximum atomic E-state index is 11.3. The maximum absolute atomic E-state index is 11.3. The second kappa shape index (κ2) is 4.70. The summed E-state index contributed by atoms with van der Waals surface area (Å²) in [5.41, 5.74) is 1.91. The zero-order valence-corrected chi connectivity index (χ0v) is 11.4.